The molecule has 0 spiro atoms. The number of ether oxygens (including phenoxy) is 1. The lowest BCUT2D eigenvalue weighted by atomic mass is 9.86. The van der Waals surface area contributed by atoms with Gasteiger partial charge in [-0.2, -0.15) is 0 Å². The molecule has 3 heteroatoms. The molecular weight excluding hydrogens is 216 g/mol. The molecule has 94 valence electrons. The first-order chi connectivity index (χ1) is 7.65. The van der Waals surface area contributed by atoms with Crippen LogP contribution in [-0.2, 0) is 14.3 Å². The molecule has 1 rings (SSSR count). The molecule has 0 aromatic heterocycles. The van der Waals surface area contributed by atoms with Gasteiger partial charge in [0.1, 0.15) is 0 Å². The summed E-state index contributed by atoms with van der Waals surface area (Å²) in [6.45, 7) is 11.0. The number of allylic oxidation sites excluding steroid dienone is 3. The summed E-state index contributed by atoms with van der Waals surface area (Å²) in [5, 5.41) is 0. The largest absolute Gasteiger partial charge is 0.371 e. The predicted molar refractivity (Wildman–Crippen MR) is 66.8 cm³/mol. The first-order valence-electron chi connectivity index (χ1n) is 5.75. The molecule has 0 amide bonds. The highest BCUT2D eigenvalue weighted by atomic mass is 16.5. The van der Waals surface area contributed by atoms with Crippen LogP contribution in [0.5, 0.6) is 0 Å². The summed E-state index contributed by atoms with van der Waals surface area (Å²) < 4.78 is 5.59. The van der Waals surface area contributed by atoms with Crippen LogP contribution >= 0.6 is 0 Å². The van der Waals surface area contributed by atoms with E-state index in [-0.39, 0.29) is 23.8 Å². The molecule has 0 saturated heterocycles. The Labute approximate surface area is 103 Å². The number of hydrogen-bond acceptors (Lipinski definition) is 3. The van der Waals surface area contributed by atoms with Crippen LogP contribution in [0.2, 0.25) is 0 Å². The summed E-state index contributed by atoms with van der Waals surface area (Å²) in [6.07, 6.45) is 0. The molecule has 0 bridgehead atoms. The van der Waals surface area contributed by atoms with Crippen molar-refractivity contribution in [3.63, 3.8) is 0 Å². The Balaban J connectivity index is 3.00. The summed E-state index contributed by atoms with van der Waals surface area (Å²) in [5.74, 6) is -0.113. The third-order valence-corrected chi connectivity index (χ3v) is 2.96. The summed E-state index contributed by atoms with van der Waals surface area (Å²) in [4.78, 5) is 24.0. The molecule has 0 fully saturated rings. The summed E-state index contributed by atoms with van der Waals surface area (Å²) in [5.41, 5.74) is 1.77. The maximum Gasteiger partial charge on any atom is 0.187 e. The van der Waals surface area contributed by atoms with Crippen molar-refractivity contribution >= 4 is 11.6 Å². The zero-order valence-corrected chi connectivity index (χ0v) is 11.4. The Morgan fingerprint density at radius 3 is 1.82 bits per heavy atom. The van der Waals surface area contributed by atoms with Crippen molar-refractivity contribution in [2.75, 3.05) is 6.61 Å². The van der Waals surface area contributed by atoms with E-state index >= 15 is 0 Å². The monoisotopic (exact) mass is 236 g/mol. The number of carbonyl (C=O) groups is 2. The molecular formula is C14H20O3. The van der Waals surface area contributed by atoms with E-state index < -0.39 is 0 Å². The minimum absolute atomic E-state index is 0.0467. The van der Waals surface area contributed by atoms with E-state index in [1.807, 2.05) is 20.8 Å². The smallest absolute Gasteiger partial charge is 0.187 e. The average molecular weight is 236 g/mol. The predicted octanol–water partition coefficient (Wildman–Crippen LogP) is 2.61. The maximum atomic E-state index is 12.1. The molecule has 3 nitrogen and oxygen atoms in total. The van der Waals surface area contributed by atoms with Crippen molar-refractivity contribution in [2.24, 2.45) is 0 Å². The normalized spacial score (nSPS) is 18.2. The van der Waals surface area contributed by atoms with Crippen LogP contribution in [0.3, 0.4) is 0 Å². The molecule has 0 heterocycles. The van der Waals surface area contributed by atoms with Gasteiger partial charge in [0, 0.05) is 22.3 Å². The molecule has 1 aliphatic carbocycles. The van der Waals surface area contributed by atoms with Crippen LogP contribution in [0.15, 0.2) is 22.3 Å². The number of rotatable bonds is 2. The Morgan fingerprint density at radius 2 is 1.35 bits per heavy atom. The molecule has 1 aliphatic rings. The first kappa shape index (κ1) is 13.8. The highest BCUT2D eigenvalue weighted by Gasteiger charge is 2.28. The molecule has 17 heavy (non-hydrogen) atoms. The topological polar surface area (TPSA) is 43.4 Å². The molecule has 0 radical (unpaired) electrons. The Hall–Kier alpha value is -1.22. The van der Waals surface area contributed by atoms with Gasteiger partial charge in [-0.1, -0.05) is 0 Å². The first-order valence-corrected chi connectivity index (χ1v) is 5.75. The van der Waals surface area contributed by atoms with Crippen molar-refractivity contribution in [2.45, 2.75) is 47.1 Å². The quantitative estimate of drug-likeness (QED) is 0.692. The van der Waals surface area contributed by atoms with Crippen molar-refractivity contribution < 1.29 is 14.3 Å². The van der Waals surface area contributed by atoms with Crippen LogP contribution < -0.4 is 0 Å². The summed E-state index contributed by atoms with van der Waals surface area (Å²) in [6, 6.07) is 0. The van der Waals surface area contributed by atoms with Gasteiger partial charge in [0.25, 0.3) is 0 Å². The molecule has 0 aromatic carbocycles. The molecule has 0 aromatic rings. The molecule has 0 N–H and O–H groups in total. The summed E-state index contributed by atoms with van der Waals surface area (Å²) in [7, 11) is 0. The van der Waals surface area contributed by atoms with E-state index in [2.05, 4.69) is 0 Å². The lowest BCUT2D eigenvalue weighted by Crippen LogP contribution is -2.27. The van der Waals surface area contributed by atoms with Gasteiger partial charge >= 0.3 is 0 Å². The van der Waals surface area contributed by atoms with Crippen LogP contribution in [-0.4, -0.2) is 23.8 Å². The standard InChI is InChI=1S/C14H20O3/c1-8-9(2)13(16)11(10(3)12(8)15)7-17-14(4,5)6/h7H2,1-6H3. The molecule has 0 aliphatic heterocycles. The van der Waals surface area contributed by atoms with E-state index in [0.717, 1.165) is 0 Å². The van der Waals surface area contributed by atoms with Crippen molar-refractivity contribution in [1.82, 2.24) is 0 Å². The van der Waals surface area contributed by atoms with E-state index in [0.29, 0.717) is 22.3 Å². The van der Waals surface area contributed by atoms with Crippen LogP contribution in [0.4, 0.5) is 0 Å². The highest BCUT2D eigenvalue weighted by molar-refractivity contribution is 6.24. The van der Waals surface area contributed by atoms with Crippen LogP contribution in [0, 0.1) is 0 Å². The zero-order chi connectivity index (χ0) is 13.4. The van der Waals surface area contributed by atoms with Crippen LogP contribution in [0.1, 0.15) is 41.5 Å². The van der Waals surface area contributed by atoms with Gasteiger partial charge in [-0.15, -0.1) is 0 Å². The van der Waals surface area contributed by atoms with Gasteiger partial charge < -0.3 is 4.74 Å². The Kier molecular flexibility index (Phi) is 3.72. The lowest BCUT2D eigenvalue weighted by Gasteiger charge is -2.23. The fraction of sp³-hybridized carbons (Fsp3) is 0.571. The van der Waals surface area contributed by atoms with E-state index in [9.17, 15) is 9.59 Å². The molecule has 0 atom stereocenters. The van der Waals surface area contributed by atoms with Gasteiger partial charge in [-0.05, 0) is 41.5 Å². The second-order valence-corrected chi connectivity index (χ2v) is 5.41. The number of carbonyl (C=O) groups excluding carboxylic acids is 2. The van der Waals surface area contributed by atoms with Crippen LogP contribution in [0.25, 0.3) is 0 Å². The third-order valence-electron chi connectivity index (χ3n) is 2.96. The summed E-state index contributed by atoms with van der Waals surface area (Å²) >= 11 is 0. The van der Waals surface area contributed by atoms with Crippen molar-refractivity contribution in [3.05, 3.63) is 22.3 Å². The van der Waals surface area contributed by atoms with E-state index in [4.69, 9.17) is 4.74 Å². The minimum atomic E-state index is -0.319. The maximum absolute atomic E-state index is 12.1. The van der Waals surface area contributed by atoms with Gasteiger partial charge in [-0.3, -0.25) is 9.59 Å². The van der Waals surface area contributed by atoms with Crippen molar-refractivity contribution in [3.8, 4) is 0 Å². The van der Waals surface area contributed by atoms with E-state index in [1.54, 1.807) is 20.8 Å². The third kappa shape index (κ3) is 2.91. The second-order valence-electron chi connectivity index (χ2n) is 5.41. The van der Waals surface area contributed by atoms with E-state index in [1.165, 1.54) is 0 Å². The van der Waals surface area contributed by atoms with Gasteiger partial charge in [0.2, 0.25) is 0 Å². The van der Waals surface area contributed by atoms with Gasteiger partial charge in [0.15, 0.2) is 11.6 Å². The second kappa shape index (κ2) is 4.57. The zero-order valence-electron chi connectivity index (χ0n) is 11.4. The van der Waals surface area contributed by atoms with Crippen molar-refractivity contribution in [1.29, 1.82) is 0 Å². The lowest BCUT2D eigenvalue weighted by molar-refractivity contribution is -0.117. The Bertz CT molecular complexity index is 431. The fourth-order valence-corrected chi connectivity index (χ4v) is 1.62. The molecule has 0 unspecified atom stereocenters. The van der Waals surface area contributed by atoms with Gasteiger partial charge in [0.05, 0.1) is 12.2 Å². The highest BCUT2D eigenvalue weighted by Crippen LogP contribution is 2.25. The number of Topliss-reactive ketones (excluding diaryl/α,β-unsaturated/α-hetero) is 2. The SMILES string of the molecule is CC1=C(C)C(=O)C(COC(C)(C)C)=C(C)C1=O. The fourth-order valence-electron chi connectivity index (χ4n) is 1.62. The molecule has 0 saturated carbocycles. The number of hydrogen-bond donors (Lipinski definition) is 0. The Morgan fingerprint density at radius 1 is 0.882 bits per heavy atom. The minimum Gasteiger partial charge on any atom is -0.371 e. The average Bonchev–Trinajstić information content (AvgIpc) is 2.22. The number of ketones is 2. The van der Waals surface area contributed by atoms with Gasteiger partial charge in [-0.25, -0.2) is 0 Å².